The van der Waals surface area contributed by atoms with E-state index in [4.69, 9.17) is 0 Å². The molecule has 0 radical (unpaired) electrons. The van der Waals surface area contributed by atoms with Gasteiger partial charge in [0.2, 0.25) is 0 Å². The van der Waals surface area contributed by atoms with Crippen LogP contribution in [0.25, 0.3) is 0 Å². The van der Waals surface area contributed by atoms with E-state index >= 15 is 0 Å². The number of thioether (sulfide) groups is 1. The third kappa shape index (κ3) is 0.899. The van der Waals surface area contributed by atoms with E-state index in [1.807, 2.05) is 0 Å². The fourth-order valence-corrected chi connectivity index (χ4v) is 3.54. The molecule has 1 aliphatic heterocycles. The van der Waals surface area contributed by atoms with E-state index in [2.05, 4.69) is 18.7 Å². The van der Waals surface area contributed by atoms with Gasteiger partial charge >= 0.3 is 0 Å². The smallest absolute Gasteiger partial charge is 0.0170 e. The van der Waals surface area contributed by atoms with Crippen molar-refractivity contribution in [3.63, 3.8) is 0 Å². The summed E-state index contributed by atoms with van der Waals surface area (Å²) in [5.74, 6) is 2.46. The minimum Gasteiger partial charge on any atom is -0.155 e. The molecule has 9 heavy (non-hydrogen) atoms. The first kappa shape index (κ1) is 6.09. The van der Waals surface area contributed by atoms with Crippen LogP contribution < -0.4 is 0 Å². The van der Waals surface area contributed by atoms with Gasteiger partial charge in [0, 0.05) is 4.75 Å². The number of hydrogen-bond acceptors (Lipinski definition) is 1. The zero-order valence-electron chi connectivity index (χ0n) is 6.02. The lowest BCUT2D eigenvalue weighted by Crippen LogP contribution is -2.30. The highest BCUT2D eigenvalue weighted by atomic mass is 32.2. The van der Waals surface area contributed by atoms with Gasteiger partial charge in [0.25, 0.3) is 0 Å². The van der Waals surface area contributed by atoms with Crippen molar-refractivity contribution in [1.82, 2.24) is 0 Å². The minimum absolute atomic E-state index is 0.805. The molecule has 0 bridgehead atoms. The summed E-state index contributed by atoms with van der Waals surface area (Å²) < 4.78 is 0.805. The highest BCUT2D eigenvalue weighted by Crippen LogP contribution is 2.53. The Labute approximate surface area is 61.4 Å². The Bertz CT molecular complexity index is 116. The molecule has 2 rings (SSSR count). The largest absolute Gasteiger partial charge is 0.155 e. The van der Waals surface area contributed by atoms with Crippen molar-refractivity contribution in [2.24, 2.45) is 5.92 Å². The summed E-state index contributed by atoms with van der Waals surface area (Å²) in [6.45, 7) is 2.40. The lowest BCUT2D eigenvalue weighted by molar-refractivity contribution is 0.523. The van der Waals surface area contributed by atoms with Crippen LogP contribution in [0.3, 0.4) is 0 Å². The van der Waals surface area contributed by atoms with Gasteiger partial charge in [-0.25, -0.2) is 0 Å². The second-order valence-corrected chi connectivity index (χ2v) is 5.19. The molecule has 2 unspecified atom stereocenters. The maximum atomic E-state index is 2.40. The van der Waals surface area contributed by atoms with Crippen LogP contribution in [0.15, 0.2) is 0 Å². The van der Waals surface area contributed by atoms with E-state index in [0.717, 1.165) is 10.7 Å². The minimum atomic E-state index is 0.805. The first-order chi connectivity index (χ1) is 4.31. The fraction of sp³-hybridized carbons (Fsp3) is 1.00. The number of hydrogen-bond donors (Lipinski definition) is 0. The lowest BCUT2D eigenvalue weighted by atomic mass is 10.0. The van der Waals surface area contributed by atoms with E-state index in [0.29, 0.717) is 0 Å². The molecular weight excluding hydrogens is 128 g/mol. The molecule has 2 atom stereocenters. The Morgan fingerprint density at radius 3 is 2.44 bits per heavy atom. The van der Waals surface area contributed by atoms with Gasteiger partial charge in [-0.1, -0.05) is 6.92 Å². The van der Waals surface area contributed by atoms with Gasteiger partial charge in [-0.15, -0.1) is 0 Å². The summed E-state index contributed by atoms with van der Waals surface area (Å²) in [6.07, 6.45) is 6.03. The average molecular weight is 142 g/mol. The molecule has 0 nitrogen and oxygen atoms in total. The van der Waals surface area contributed by atoms with Crippen LogP contribution in [-0.4, -0.2) is 10.5 Å². The van der Waals surface area contributed by atoms with Crippen LogP contribution >= 0.6 is 11.8 Å². The molecule has 52 valence electrons. The molecule has 1 saturated carbocycles. The van der Waals surface area contributed by atoms with Gasteiger partial charge in [-0.2, -0.15) is 11.8 Å². The summed E-state index contributed by atoms with van der Waals surface area (Å²) in [7, 11) is 0. The van der Waals surface area contributed by atoms with Crippen molar-refractivity contribution in [1.29, 1.82) is 0 Å². The van der Waals surface area contributed by atoms with Gasteiger partial charge in [0.15, 0.2) is 0 Å². The van der Waals surface area contributed by atoms with Crippen molar-refractivity contribution in [2.45, 2.75) is 37.4 Å². The first-order valence-electron chi connectivity index (χ1n) is 3.95. The predicted molar refractivity (Wildman–Crippen MR) is 42.8 cm³/mol. The second kappa shape index (κ2) is 1.91. The molecule has 0 amide bonds. The molecule has 0 aromatic heterocycles. The maximum Gasteiger partial charge on any atom is 0.0170 e. The van der Waals surface area contributed by atoms with Crippen molar-refractivity contribution in [3.05, 3.63) is 0 Å². The summed E-state index contributed by atoms with van der Waals surface area (Å²) in [4.78, 5) is 0. The molecule has 1 heteroatoms. The van der Waals surface area contributed by atoms with Crippen molar-refractivity contribution in [3.8, 4) is 0 Å². The molecule has 2 aliphatic rings. The SMILES string of the molecule is CC1CCC2(CCS2)C1. The third-order valence-corrected chi connectivity index (χ3v) is 4.37. The molecular formula is C8H14S. The van der Waals surface area contributed by atoms with E-state index in [-0.39, 0.29) is 0 Å². The molecule has 1 heterocycles. The molecule has 0 aromatic carbocycles. The highest BCUT2D eigenvalue weighted by Gasteiger charge is 2.42. The Morgan fingerprint density at radius 2 is 2.22 bits per heavy atom. The lowest BCUT2D eigenvalue weighted by Gasteiger charge is -2.37. The normalized spacial score (nSPS) is 49.7. The Morgan fingerprint density at radius 1 is 1.44 bits per heavy atom. The molecule has 0 N–H and O–H groups in total. The van der Waals surface area contributed by atoms with E-state index in [1.165, 1.54) is 31.4 Å². The number of rotatable bonds is 0. The van der Waals surface area contributed by atoms with Gasteiger partial charge < -0.3 is 0 Å². The van der Waals surface area contributed by atoms with Crippen LogP contribution in [0.2, 0.25) is 0 Å². The molecule has 0 aromatic rings. The Hall–Kier alpha value is 0.350. The summed E-state index contributed by atoms with van der Waals surface area (Å²) in [6, 6.07) is 0. The van der Waals surface area contributed by atoms with Gasteiger partial charge in [-0.05, 0) is 37.4 Å². The third-order valence-electron chi connectivity index (χ3n) is 2.78. The summed E-state index contributed by atoms with van der Waals surface area (Å²) >= 11 is 2.22. The van der Waals surface area contributed by atoms with E-state index in [9.17, 15) is 0 Å². The maximum absolute atomic E-state index is 2.40. The molecule has 1 aliphatic carbocycles. The topological polar surface area (TPSA) is 0 Å². The zero-order chi connectivity index (χ0) is 6.32. The van der Waals surface area contributed by atoms with Gasteiger partial charge in [-0.3, -0.25) is 0 Å². The van der Waals surface area contributed by atoms with E-state index < -0.39 is 0 Å². The van der Waals surface area contributed by atoms with Crippen molar-refractivity contribution in [2.75, 3.05) is 5.75 Å². The second-order valence-electron chi connectivity index (χ2n) is 3.63. The monoisotopic (exact) mass is 142 g/mol. The first-order valence-corrected chi connectivity index (χ1v) is 4.93. The standard InChI is InChI=1S/C8H14S/c1-7-2-3-8(6-7)4-5-9-8/h7H,2-6H2,1H3. The van der Waals surface area contributed by atoms with Crippen LogP contribution in [0, 0.1) is 5.92 Å². The van der Waals surface area contributed by atoms with Crippen LogP contribution in [0.5, 0.6) is 0 Å². The highest BCUT2D eigenvalue weighted by molar-refractivity contribution is 8.02. The quantitative estimate of drug-likeness (QED) is 0.501. The van der Waals surface area contributed by atoms with Gasteiger partial charge in [0.1, 0.15) is 0 Å². The van der Waals surface area contributed by atoms with Crippen molar-refractivity contribution >= 4 is 11.8 Å². The molecule has 1 spiro atoms. The summed E-state index contributed by atoms with van der Waals surface area (Å²) in [5.41, 5.74) is 0. The Kier molecular flexibility index (Phi) is 1.29. The predicted octanol–water partition coefficient (Wildman–Crippen LogP) is 2.68. The summed E-state index contributed by atoms with van der Waals surface area (Å²) in [5, 5.41) is 0. The van der Waals surface area contributed by atoms with Crippen molar-refractivity contribution < 1.29 is 0 Å². The van der Waals surface area contributed by atoms with Crippen LogP contribution in [0.4, 0.5) is 0 Å². The zero-order valence-corrected chi connectivity index (χ0v) is 6.84. The molecule has 2 fully saturated rings. The van der Waals surface area contributed by atoms with Crippen LogP contribution in [-0.2, 0) is 0 Å². The van der Waals surface area contributed by atoms with E-state index in [1.54, 1.807) is 0 Å². The average Bonchev–Trinajstić information content (AvgIpc) is 2.09. The fourth-order valence-electron chi connectivity index (χ4n) is 2.10. The molecule has 1 saturated heterocycles. The van der Waals surface area contributed by atoms with Crippen LogP contribution in [0.1, 0.15) is 32.6 Å². The van der Waals surface area contributed by atoms with Gasteiger partial charge in [0.05, 0.1) is 0 Å². The Balaban J connectivity index is 1.99.